The highest BCUT2D eigenvalue weighted by atomic mass is 19.1. The number of halogens is 1. The maximum atomic E-state index is 13.4. The summed E-state index contributed by atoms with van der Waals surface area (Å²) in [4.78, 5) is 18.7. The Balaban J connectivity index is 2.10. The predicted octanol–water partition coefficient (Wildman–Crippen LogP) is 1.59. The molecule has 0 fully saturated rings. The number of nitrogens with zero attached hydrogens (tertiary/aromatic N) is 1. The van der Waals surface area contributed by atoms with Gasteiger partial charge in [-0.05, 0) is 25.0 Å². The molecule has 1 amide bonds. The van der Waals surface area contributed by atoms with Crippen molar-refractivity contribution in [2.24, 2.45) is 0 Å². The summed E-state index contributed by atoms with van der Waals surface area (Å²) in [5, 5.41) is 12.0. The van der Waals surface area contributed by atoms with Crippen molar-refractivity contribution in [2.45, 2.75) is 25.9 Å². The van der Waals surface area contributed by atoms with Gasteiger partial charge in [0.05, 0.1) is 23.5 Å². The van der Waals surface area contributed by atoms with Crippen molar-refractivity contribution in [1.82, 2.24) is 15.3 Å². The first-order valence-electron chi connectivity index (χ1n) is 6.20. The number of imidazole rings is 1. The van der Waals surface area contributed by atoms with Gasteiger partial charge in [0.25, 0.3) is 5.91 Å². The van der Waals surface area contributed by atoms with E-state index in [2.05, 4.69) is 15.3 Å². The van der Waals surface area contributed by atoms with E-state index in [0.717, 1.165) is 6.07 Å². The van der Waals surface area contributed by atoms with Crippen LogP contribution in [-0.4, -0.2) is 33.6 Å². The molecule has 1 heterocycles. The fourth-order valence-corrected chi connectivity index (χ4v) is 1.84. The van der Waals surface area contributed by atoms with Gasteiger partial charge in [0.15, 0.2) is 0 Å². The van der Waals surface area contributed by atoms with Crippen molar-refractivity contribution in [3.05, 3.63) is 29.8 Å². The first kappa shape index (κ1) is 13.5. The van der Waals surface area contributed by atoms with Crippen LogP contribution in [-0.2, 0) is 0 Å². The Hall–Kier alpha value is -1.95. The zero-order valence-electron chi connectivity index (χ0n) is 10.6. The number of aromatic amines is 1. The zero-order chi connectivity index (χ0) is 13.8. The van der Waals surface area contributed by atoms with Gasteiger partial charge in [-0.2, -0.15) is 0 Å². The summed E-state index contributed by atoms with van der Waals surface area (Å²) < 4.78 is 13.4. The van der Waals surface area contributed by atoms with Crippen LogP contribution in [0, 0.1) is 5.82 Å². The predicted molar refractivity (Wildman–Crippen MR) is 69.3 cm³/mol. The Morgan fingerprint density at radius 2 is 2.37 bits per heavy atom. The fourth-order valence-electron chi connectivity index (χ4n) is 1.84. The number of carbonyl (C=O) groups is 1. The topological polar surface area (TPSA) is 78.0 Å². The smallest absolute Gasteiger partial charge is 0.253 e. The molecule has 102 valence electrons. The number of carbonyl (C=O) groups excluding carboxylic acids is 1. The van der Waals surface area contributed by atoms with Gasteiger partial charge in [-0.25, -0.2) is 9.37 Å². The van der Waals surface area contributed by atoms with Crippen LogP contribution in [0.25, 0.3) is 11.0 Å². The molecule has 0 radical (unpaired) electrons. The Morgan fingerprint density at radius 3 is 3.11 bits per heavy atom. The van der Waals surface area contributed by atoms with E-state index in [1.54, 1.807) is 0 Å². The summed E-state index contributed by atoms with van der Waals surface area (Å²) in [6.07, 6.45) is 2.10. The molecular formula is C13H16FN3O2. The second kappa shape index (κ2) is 5.79. The summed E-state index contributed by atoms with van der Waals surface area (Å²) in [5.41, 5.74) is 1.12. The zero-order valence-corrected chi connectivity index (χ0v) is 10.6. The number of H-pyrrole nitrogens is 1. The van der Waals surface area contributed by atoms with Gasteiger partial charge in [-0.3, -0.25) is 4.79 Å². The Labute approximate surface area is 109 Å². The second-order valence-corrected chi connectivity index (χ2v) is 4.36. The van der Waals surface area contributed by atoms with Crippen molar-refractivity contribution in [1.29, 1.82) is 0 Å². The number of aliphatic hydroxyl groups is 1. The minimum absolute atomic E-state index is 0.197. The first-order chi connectivity index (χ1) is 9.11. The van der Waals surface area contributed by atoms with Crippen LogP contribution in [0.3, 0.4) is 0 Å². The molecule has 3 N–H and O–H groups in total. The van der Waals surface area contributed by atoms with E-state index in [0.29, 0.717) is 30.4 Å². The maximum absolute atomic E-state index is 13.4. The quantitative estimate of drug-likeness (QED) is 0.768. The first-order valence-corrected chi connectivity index (χ1v) is 6.20. The monoisotopic (exact) mass is 265 g/mol. The van der Waals surface area contributed by atoms with Crippen molar-refractivity contribution in [2.75, 3.05) is 6.54 Å². The van der Waals surface area contributed by atoms with Crippen LogP contribution in [0.2, 0.25) is 0 Å². The van der Waals surface area contributed by atoms with E-state index in [1.165, 1.54) is 12.4 Å². The van der Waals surface area contributed by atoms with Crippen LogP contribution < -0.4 is 5.32 Å². The van der Waals surface area contributed by atoms with Gasteiger partial charge in [-0.15, -0.1) is 0 Å². The average molecular weight is 265 g/mol. The molecule has 0 spiro atoms. The molecule has 0 bridgehead atoms. The lowest BCUT2D eigenvalue weighted by atomic mass is 10.1. The van der Waals surface area contributed by atoms with Gasteiger partial charge in [-0.1, -0.05) is 6.92 Å². The summed E-state index contributed by atoms with van der Waals surface area (Å²) in [7, 11) is 0. The third-order valence-corrected chi connectivity index (χ3v) is 2.97. The molecule has 1 aromatic heterocycles. The van der Waals surface area contributed by atoms with Crippen molar-refractivity contribution >= 4 is 16.9 Å². The molecule has 6 heteroatoms. The highest BCUT2D eigenvalue weighted by Crippen LogP contribution is 2.17. The van der Waals surface area contributed by atoms with E-state index in [4.69, 9.17) is 0 Å². The average Bonchev–Trinajstić information content (AvgIpc) is 2.85. The highest BCUT2D eigenvalue weighted by molar-refractivity contribution is 6.04. The van der Waals surface area contributed by atoms with Crippen LogP contribution in [0.5, 0.6) is 0 Å². The number of aliphatic hydroxyl groups excluding tert-OH is 1. The molecule has 1 atom stereocenters. The number of fused-ring (bicyclic) bond motifs is 1. The molecule has 5 nitrogen and oxygen atoms in total. The van der Waals surface area contributed by atoms with Gasteiger partial charge in [0.2, 0.25) is 0 Å². The number of rotatable bonds is 5. The standard InChI is InChI=1S/C13H16FN3O2/c1-2-9(18)3-4-15-13(19)10-5-8(14)6-11-12(10)17-7-16-11/h5-7,9,18H,2-4H2,1H3,(H,15,19)(H,16,17). The molecule has 2 aromatic rings. The van der Waals surface area contributed by atoms with Gasteiger partial charge in [0.1, 0.15) is 11.3 Å². The van der Waals surface area contributed by atoms with Crippen LogP contribution in [0.4, 0.5) is 4.39 Å². The SMILES string of the molecule is CCC(O)CCNC(=O)c1cc(F)cc2[nH]cnc12. The summed E-state index contributed by atoms with van der Waals surface area (Å²) in [6.45, 7) is 2.21. The molecule has 0 saturated carbocycles. The van der Waals surface area contributed by atoms with Gasteiger partial charge >= 0.3 is 0 Å². The van der Waals surface area contributed by atoms with Crippen LogP contribution >= 0.6 is 0 Å². The number of nitrogens with one attached hydrogen (secondary N) is 2. The summed E-state index contributed by atoms with van der Waals surface area (Å²) >= 11 is 0. The van der Waals surface area contributed by atoms with Crippen molar-refractivity contribution in [3.8, 4) is 0 Å². The molecule has 1 aromatic carbocycles. The Morgan fingerprint density at radius 1 is 1.58 bits per heavy atom. The molecule has 0 aliphatic rings. The lowest BCUT2D eigenvalue weighted by Gasteiger charge is -2.09. The highest BCUT2D eigenvalue weighted by Gasteiger charge is 2.14. The molecular weight excluding hydrogens is 249 g/mol. The molecule has 19 heavy (non-hydrogen) atoms. The van der Waals surface area contributed by atoms with E-state index in [-0.39, 0.29) is 11.5 Å². The van der Waals surface area contributed by atoms with E-state index in [1.807, 2.05) is 6.92 Å². The van der Waals surface area contributed by atoms with Crippen molar-refractivity contribution in [3.63, 3.8) is 0 Å². The lowest BCUT2D eigenvalue weighted by Crippen LogP contribution is -2.27. The van der Waals surface area contributed by atoms with Gasteiger partial charge < -0.3 is 15.4 Å². The normalized spacial score (nSPS) is 12.6. The fraction of sp³-hybridized carbons (Fsp3) is 0.385. The second-order valence-electron chi connectivity index (χ2n) is 4.36. The number of benzene rings is 1. The Bertz CT molecular complexity index is 582. The van der Waals surface area contributed by atoms with Crippen molar-refractivity contribution < 1.29 is 14.3 Å². The third-order valence-electron chi connectivity index (χ3n) is 2.97. The molecule has 0 aliphatic heterocycles. The molecule has 1 unspecified atom stereocenters. The molecule has 2 rings (SSSR count). The van der Waals surface area contributed by atoms with E-state index < -0.39 is 11.9 Å². The summed E-state index contributed by atoms with van der Waals surface area (Å²) in [5.74, 6) is -0.879. The number of aromatic nitrogens is 2. The summed E-state index contributed by atoms with van der Waals surface area (Å²) in [6, 6.07) is 2.45. The van der Waals surface area contributed by atoms with E-state index >= 15 is 0 Å². The Kier molecular flexibility index (Phi) is 4.11. The minimum Gasteiger partial charge on any atom is -0.393 e. The minimum atomic E-state index is -0.490. The number of hydrogen-bond acceptors (Lipinski definition) is 3. The van der Waals surface area contributed by atoms with E-state index in [9.17, 15) is 14.3 Å². The largest absolute Gasteiger partial charge is 0.393 e. The maximum Gasteiger partial charge on any atom is 0.253 e. The third kappa shape index (κ3) is 3.08. The molecule has 0 aliphatic carbocycles. The molecule has 0 saturated heterocycles. The van der Waals surface area contributed by atoms with Crippen LogP contribution in [0.1, 0.15) is 30.1 Å². The number of amides is 1. The lowest BCUT2D eigenvalue weighted by molar-refractivity contribution is 0.0943. The number of hydrogen-bond donors (Lipinski definition) is 3. The van der Waals surface area contributed by atoms with Crippen LogP contribution in [0.15, 0.2) is 18.5 Å². The van der Waals surface area contributed by atoms with Gasteiger partial charge in [0, 0.05) is 6.54 Å².